The van der Waals surface area contributed by atoms with Gasteiger partial charge in [0.1, 0.15) is 0 Å². The third-order valence-corrected chi connectivity index (χ3v) is 2.81. The van der Waals surface area contributed by atoms with E-state index in [0.29, 0.717) is 0 Å². The zero-order chi connectivity index (χ0) is 6.97. The Morgan fingerprint density at radius 3 is 2.73 bits per heavy atom. The highest BCUT2D eigenvalue weighted by Crippen LogP contribution is 2.32. The second-order valence-corrected chi connectivity index (χ2v) is 3.50. The van der Waals surface area contributed by atoms with Crippen LogP contribution in [-0.4, -0.2) is 25.8 Å². The summed E-state index contributed by atoms with van der Waals surface area (Å²) in [6.45, 7) is 0.953. The Kier molecular flexibility index (Phi) is 3.16. The van der Waals surface area contributed by atoms with Gasteiger partial charge in [-0.05, 0) is 25.2 Å². The number of rotatable bonds is 2. The van der Waals surface area contributed by atoms with Gasteiger partial charge in [-0.2, -0.15) is 0 Å². The van der Waals surface area contributed by atoms with Gasteiger partial charge in [-0.15, -0.1) is 12.4 Å². The number of methoxy groups -OCH3 is 1. The topological polar surface area (TPSA) is 21.3 Å². The van der Waals surface area contributed by atoms with Crippen molar-refractivity contribution in [2.75, 3.05) is 13.7 Å². The summed E-state index contributed by atoms with van der Waals surface area (Å²) in [7, 11) is 1.80. The van der Waals surface area contributed by atoms with E-state index in [1.54, 1.807) is 7.11 Å². The highest BCUT2D eigenvalue weighted by atomic mass is 35.5. The minimum absolute atomic E-state index is 0. The largest absolute Gasteiger partial charge is 0.384 e. The number of ether oxygens (including phenoxy) is 1. The highest BCUT2D eigenvalue weighted by Gasteiger charge is 2.38. The summed E-state index contributed by atoms with van der Waals surface area (Å²) >= 11 is 0. The molecule has 2 nitrogen and oxygen atoms in total. The van der Waals surface area contributed by atoms with E-state index in [4.69, 9.17) is 4.74 Å². The van der Waals surface area contributed by atoms with Crippen molar-refractivity contribution in [2.24, 2.45) is 5.92 Å². The zero-order valence-corrected chi connectivity index (χ0v) is 7.69. The van der Waals surface area contributed by atoms with Crippen LogP contribution in [0.2, 0.25) is 0 Å². The average molecular weight is 178 g/mol. The molecule has 0 aromatic rings. The molecule has 2 aliphatic heterocycles. The summed E-state index contributed by atoms with van der Waals surface area (Å²) < 4.78 is 5.14. The lowest BCUT2D eigenvalue weighted by atomic mass is 9.90. The molecule has 2 aliphatic rings. The maximum absolute atomic E-state index is 5.14. The molecule has 0 aromatic carbocycles. The molecular formula is C8H16ClNO. The minimum atomic E-state index is 0. The van der Waals surface area contributed by atoms with Crippen LogP contribution in [0, 0.1) is 5.92 Å². The molecule has 2 rings (SSSR count). The Morgan fingerprint density at radius 1 is 1.45 bits per heavy atom. The van der Waals surface area contributed by atoms with Gasteiger partial charge in [0, 0.05) is 19.2 Å². The van der Waals surface area contributed by atoms with Crippen LogP contribution in [0.15, 0.2) is 0 Å². The Labute approximate surface area is 74.1 Å². The molecule has 2 fully saturated rings. The van der Waals surface area contributed by atoms with Crippen molar-refractivity contribution in [3.05, 3.63) is 0 Å². The predicted octanol–water partition coefficient (Wildman–Crippen LogP) is 1.20. The number of fused-ring (bicyclic) bond motifs is 2. The molecule has 3 heteroatoms. The predicted molar refractivity (Wildman–Crippen MR) is 47.2 cm³/mol. The quantitative estimate of drug-likeness (QED) is 0.685. The molecule has 66 valence electrons. The Bertz CT molecular complexity index is 131. The van der Waals surface area contributed by atoms with Crippen LogP contribution < -0.4 is 5.32 Å². The van der Waals surface area contributed by atoms with Crippen LogP contribution in [0.5, 0.6) is 0 Å². The van der Waals surface area contributed by atoms with Gasteiger partial charge in [0.05, 0.1) is 6.61 Å². The molecule has 1 N–H and O–H groups in total. The molecule has 0 saturated carbocycles. The Hall–Kier alpha value is 0.210. The first-order valence-electron chi connectivity index (χ1n) is 4.15. The smallest absolute Gasteiger partial charge is 0.0505 e. The van der Waals surface area contributed by atoms with Crippen molar-refractivity contribution >= 4 is 12.4 Å². The molecule has 2 heterocycles. The average Bonchev–Trinajstić information content (AvgIpc) is 2.48. The second kappa shape index (κ2) is 3.74. The van der Waals surface area contributed by atoms with Crippen LogP contribution in [0.4, 0.5) is 0 Å². The normalized spacial score (nSPS) is 40.6. The fourth-order valence-corrected chi connectivity index (χ4v) is 2.34. The van der Waals surface area contributed by atoms with E-state index in [1.165, 1.54) is 19.3 Å². The lowest BCUT2D eigenvalue weighted by molar-refractivity contribution is 0.139. The van der Waals surface area contributed by atoms with Gasteiger partial charge >= 0.3 is 0 Å². The fraction of sp³-hybridized carbons (Fsp3) is 1.00. The van der Waals surface area contributed by atoms with E-state index in [-0.39, 0.29) is 12.4 Å². The molecule has 0 radical (unpaired) electrons. The van der Waals surface area contributed by atoms with Crippen LogP contribution in [0.25, 0.3) is 0 Å². The lowest BCUT2D eigenvalue weighted by Gasteiger charge is -2.18. The molecule has 11 heavy (non-hydrogen) atoms. The summed E-state index contributed by atoms with van der Waals surface area (Å²) in [5.74, 6) is 0.809. The number of nitrogens with one attached hydrogen (secondary N) is 1. The van der Waals surface area contributed by atoms with Crippen molar-refractivity contribution in [3.63, 3.8) is 0 Å². The van der Waals surface area contributed by atoms with Gasteiger partial charge in [-0.25, -0.2) is 0 Å². The third kappa shape index (κ3) is 1.68. The SMILES string of the molecule is COCC1CC2CCC1N2.Cl. The first-order valence-corrected chi connectivity index (χ1v) is 4.15. The van der Waals surface area contributed by atoms with Gasteiger partial charge in [0.2, 0.25) is 0 Å². The van der Waals surface area contributed by atoms with Gasteiger partial charge in [0.25, 0.3) is 0 Å². The molecule has 0 aliphatic carbocycles. The van der Waals surface area contributed by atoms with Crippen molar-refractivity contribution in [2.45, 2.75) is 31.3 Å². The minimum Gasteiger partial charge on any atom is -0.384 e. The van der Waals surface area contributed by atoms with E-state index in [2.05, 4.69) is 5.32 Å². The van der Waals surface area contributed by atoms with Gasteiger partial charge in [0.15, 0.2) is 0 Å². The fourth-order valence-electron chi connectivity index (χ4n) is 2.34. The standard InChI is InChI=1S/C8H15NO.ClH/c1-10-5-6-4-7-2-3-8(6)9-7;/h6-9H,2-5H2,1H3;1H. The number of hydrogen-bond donors (Lipinski definition) is 1. The maximum Gasteiger partial charge on any atom is 0.0505 e. The summed E-state index contributed by atoms with van der Waals surface area (Å²) in [4.78, 5) is 0. The third-order valence-electron chi connectivity index (χ3n) is 2.81. The summed E-state index contributed by atoms with van der Waals surface area (Å²) in [6, 6.07) is 1.61. The van der Waals surface area contributed by atoms with E-state index in [0.717, 1.165) is 24.6 Å². The Morgan fingerprint density at radius 2 is 2.27 bits per heavy atom. The van der Waals surface area contributed by atoms with Crippen molar-refractivity contribution in [1.82, 2.24) is 5.32 Å². The lowest BCUT2D eigenvalue weighted by Crippen LogP contribution is -2.25. The molecule has 0 spiro atoms. The molecular weight excluding hydrogens is 162 g/mol. The van der Waals surface area contributed by atoms with Crippen LogP contribution >= 0.6 is 12.4 Å². The van der Waals surface area contributed by atoms with Gasteiger partial charge in [-0.3, -0.25) is 0 Å². The molecule has 3 atom stereocenters. The van der Waals surface area contributed by atoms with Crippen LogP contribution in [0.1, 0.15) is 19.3 Å². The number of halogens is 1. The van der Waals surface area contributed by atoms with Crippen molar-refractivity contribution in [3.8, 4) is 0 Å². The summed E-state index contributed by atoms with van der Waals surface area (Å²) in [5, 5.41) is 3.58. The van der Waals surface area contributed by atoms with E-state index >= 15 is 0 Å². The molecule has 0 aromatic heterocycles. The number of hydrogen-bond acceptors (Lipinski definition) is 2. The van der Waals surface area contributed by atoms with E-state index in [1.807, 2.05) is 0 Å². The first kappa shape index (κ1) is 9.30. The van der Waals surface area contributed by atoms with Gasteiger partial charge in [-0.1, -0.05) is 0 Å². The highest BCUT2D eigenvalue weighted by molar-refractivity contribution is 5.85. The molecule has 2 bridgehead atoms. The van der Waals surface area contributed by atoms with E-state index in [9.17, 15) is 0 Å². The monoisotopic (exact) mass is 177 g/mol. The van der Waals surface area contributed by atoms with Crippen LogP contribution in [0.3, 0.4) is 0 Å². The summed E-state index contributed by atoms with van der Waals surface area (Å²) in [6.07, 6.45) is 4.11. The van der Waals surface area contributed by atoms with Crippen molar-refractivity contribution in [1.29, 1.82) is 0 Å². The van der Waals surface area contributed by atoms with E-state index < -0.39 is 0 Å². The first-order chi connectivity index (χ1) is 4.90. The second-order valence-electron chi connectivity index (χ2n) is 3.50. The van der Waals surface area contributed by atoms with Crippen molar-refractivity contribution < 1.29 is 4.74 Å². The maximum atomic E-state index is 5.14. The molecule has 2 saturated heterocycles. The summed E-state index contributed by atoms with van der Waals surface area (Å²) in [5.41, 5.74) is 0. The van der Waals surface area contributed by atoms with Gasteiger partial charge < -0.3 is 10.1 Å². The molecule has 0 amide bonds. The zero-order valence-electron chi connectivity index (χ0n) is 6.88. The van der Waals surface area contributed by atoms with Crippen LogP contribution in [-0.2, 0) is 4.74 Å². The Balaban J connectivity index is 0.000000605. The molecule has 3 unspecified atom stereocenters.